The predicted octanol–water partition coefficient (Wildman–Crippen LogP) is 4.38. The number of nitrogens with one attached hydrogen (secondary N) is 2. The second-order valence-corrected chi connectivity index (χ2v) is 7.96. The number of carbonyl (C=O) groups excluding carboxylic acids is 2. The van der Waals surface area contributed by atoms with Crippen molar-refractivity contribution in [2.24, 2.45) is 0 Å². The lowest BCUT2D eigenvalue weighted by atomic mass is 9.98. The van der Waals surface area contributed by atoms with Crippen molar-refractivity contribution in [1.29, 1.82) is 0 Å². The van der Waals surface area contributed by atoms with E-state index < -0.39 is 17.9 Å². The molecule has 8 heteroatoms. The van der Waals surface area contributed by atoms with Crippen molar-refractivity contribution in [3.8, 4) is 5.69 Å². The molecule has 0 saturated heterocycles. The SMILES string of the molecule is Cc1ccccc1C(CC(=O)O)NC(=O)c1cc(NC(=O)c2ccccc2)n(-c2ccccc2)n1. The number of amides is 2. The molecular formula is C27H24N4O4. The third-order valence-corrected chi connectivity index (χ3v) is 5.47. The molecule has 0 aliphatic carbocycles. The van der Waals surface area contributed by atoms with E-state index >= 15 is 0 Å². The zero-order valence-electron chi connectivity index (χ0n) is 19.0. The maximum Gasteiger partial charge on any atom is 0.305 e. The molecule has 1 unspecified atom stereocenters. The fourth-order valence-electron chi connectivity index (χ4n) is 3.75. The summed E-state index contributed by atoms with van der Waals surface area (Å²) in [4.78, 5) is 37.5. The number of para-hydroxylation sites is 1. The van der Waals surface area contributed by atoms with Crippen LogP contribution in [-0.4, -0.2) is 32.7 Å². The molecule has 0 aliphatic heterocycles. The summed E-state index contributed by atoms with van der Waals surface area (Å²) in [6.07, 6.45) is -0.284. The fourth-order valence-corrected chi connectivity index (χ4v) is 3.75. The first-order valence-electron chi connectivity index (χ1n) is 11.0. The van der Waals surface area contributed by atoms with Gasteiger partial charge in [-0.3, -0.25) is 14.4 Å². The summed E-state index contributed by atoms with van der Waals surface area (Å²) >= 11 is 0. The van der Waals surface area contributed by atoms with E-state index in [0.717, 1.165) is 5.56 Å². The number of carboxylic acid groups (broad SMARTS) is 1. The van der Waals surface area contributed by atoms with Crippen molar-refractivity contribution in [1.82, 2.24) is 15.1 Å². The molecular weight excluding hydrogens is 444 g/mol. The summed E-state index contributed by atoms with van der Waals surface area (Å²) < 4.78 is 1.47. The minimum Gasteiger partial charge on any atom is -0.481 e. The molecule has 1 heterocycles. The number of hydrogen-bond donors (Lipinski definition) is 3. The first kappa shape index (κ1) is 23.4. The zero-order chi connectivity index (χ0) is 24.8. The lowest BCUT2D eigenvalue weighted by molar-refractivity contribution is -0.137. The van der Waals surface area contributed by atoms with Gasteiger partial charge in [0.15, 0.2) is 5.69 Å². The molecule has 0 radical (unpaired) electrons. The average molecular weight is 469 g/mol. The van der Waals surface area contributed by atoms with Gasteiger partial charge in [-0.15, -0.1) is 0 Å². The van der Waals surface area contributed by atoms with Crippen molar-refractivity contribution in [2.45, 2.75) is 19.4 Å². The van der Waals surface area contributed by atoms with E-state index in [1.807, 2.05) is 43.3 Å². The van der Waals surface area contributed by atoms with Crippen LogP contribution < -0.4 is 10.6 Å². The van der Waals surface area contributed by atoms with Gasteiger partial charge in [-0.25, -0.2) is 4.68 Å². The van der Waals surface area contributed by atoms with Gasteiger partial charge in [0.1, 0.15) is 5.82 Å². The Hall–Kier alpha value is -4.72. The van der Waals surface area contributed by atoms with Gasteiger partial charge >= 0.3 is 5.97 Å². The molecule has 4 aromatic rings. The van der Waals surface area contributed by atoms with Gasteiger partial charge in [0, 0.05) is 11.6 Å². The molecule has 0 bridgehead atoms. The van der Waals surface area contributed by atoms with E-state index in [4.69, 9.17) is 0 Å². The summed E-state index contributed by atoms with van der Waals surface area (Å²) in [7, 11) is 0. The molecule has 2 amide bonds. The molecule has 3 aromatic carbocycles. The number of anilines is 1. The number of benzene rings is 3. The lowest BCUT2D eigenvalue weighted by Crippen LogP contribution is -2.31. The van der Waals surface area contributed by atoms with Crippen LogP contribution in [0.2, 0.25) is 0 Å². The second kappa shape index (κ2) is 10.5. The maximum atomic E-state index is 13.2. The van der Waals surface area contributed by atoms with E-state index in [9.17, 15) is 19.5 Å². The third kappa shape index (κ3) is 5.62. The third-order valence-electron chi connectivity index (χ3n) is 5.47. The number of carbonyl (C=O) groups is 3. The highest BCUT2D eigenvalue weighted by molar-refractivity contribution is 6.04. The van der Waals surface area contributed by atoms with E-state index in [1.165, 1.54) is 10.7 Å². The van der Waals surface area contributed by atoms with Crippen LogP contribution in [0.25, 0.3) is 5.69 Å². The summed E-state index contributed by atoms with van der Waals surface area (Å²) in [5, 5.41) is 19.4. The number of hydrogen-bond acceptors (Lipinski definition) is 4. The van der Waals surface area contributed by atoms with Crippen molar-refractivity contribution in [3.05, 3.63) is 113 Å². The van der Waals surface area contributed by atoms with Crippen molar-refractivity contribution >= 4 is 23.6 Å². The molecule has 0 saturated carbocycles. The number of carboxylic acids is 1. The van der Waals surface area contributed by atoms with Crippen molar-refractivity contribution in [3.63, 3.8) is 0 Å². The Balaban J connectivity index is 1.66. The highest BCUT2D eigenvalue weighted by Gasteiger charge is 2.23. The highest BCUT2D eigenvalue weighted by Crippen LogP contribution is 2.23. The van der Waals surface area contributed by atoms with E-state index in [0.29, 0.717) is 22.6 Å². The Morgan fingerprint density at radius 1 is 0.886 bits per heavy atom. The standard InChI is InChI=1S/C27H24N4O4/c1-18-10-8-9-15-21(18)22(17-25(32)33)28-27(35)23-16-24(29-26(34)19-11-4-2-5-12-19)31(30-23)20-13-6-3-7-14-20/h2-16,22H,17H2,1H3,(H,28,35)(H,29,34)(H,32,33). The number of aromatic nitrogens is 2. The Morgan fingerprint density at radius 3 is 2.17 bits per heavy atom. The lowest BCUT2D eigenvalue weighted by Gasteiger charge is -2.18. The first-order chi connectivity index (χ1) is 16.9. The van der Waals surface area contributed by atoms with E-state index in [-0.39, 0.29) is 18.0 Å². The predicted molar refractivity (Wildman–Crippen MR) is 132 cm³/mol. The molecule has 0 spiro atoms. The van der Waals surface area contributed by atoms with E-state index in [1.54, 1.807) is 48.5 Å². The molecule has 4 rings (SSSR count). The van der Waals surface area contributed by atoms with E-state index in [2.05, 4.69) is 15.7 Å². The van der Waals surface area contributed by atoms with Crippen LogP contribution in [0.3, 0.4) is 0 Å². The van der Waals surface area contributed by atoms with Gasteiger partial charge in [-0.2, -0.15) is 5.10 Å². The molecule has 0 aliphatic rings. The van der Waals surface area contributed by atoms with Crippen molar-refractivity contribution in [2.75, 3.05) is 5.32 Å². The summed E-state index contributed by atoms with van der Waals surface area (Å²) in [6.45, 7) is 1.86. The van der Waals surface area contributed by atoms with Crippen LogP contribution in [0.15, 0.2) is 91.0 Å². The Bertz CT molecular complexity index is 1350. The number of rotatable bonds is 8. The number of aliphatic carboxylic acids is 1. The summed E-state index contributed by atoms with van der Waals surface area (Å²) in [6, 6.07) is 25.8. The quantitative estimate of drug-likeness (QED) is 0.355. The summed E-state index contributed by atoms with van der Waals surface area (Å²) in [5.74, 6) is -1.63. The number of aryl methyl sites for hydroxylation is 1. The monoisotopic (exact) mass is 468 g/mol. The van der Waals surface area contributed by atoms with Gasteiger partial charge in [-0.05, 0) is 42.3 Å². The highest BCUT2D eigenvalue weighted by atomic mass is 16.4. The average Bonchev–Trinajstić information content (AvgIpc) is 3.28. The first-order valence-corrected chi connectivity index (χ1v) is 11.0. The fraction of sp³-hybridized carbons (Fsp3) is 0.111. The van der Waals surface area contributed by atoms with Crippen LogP contribution >= 0.6 is 0 Å². The molecule has 0 fully saturated rings. The maximum absolute atomic E-state index is 13.2. The van der Waals surface area contributed by atoms with Gasteiger partial charge < -0.3 is 15.7 Å². The Labute approximate surface area is 202 Å². The molecule has 176 valence electrons. The van der Waals surface area contributed by atoms with Crippen LogP contribution in [0.5, 0.6) is 0 Å². The van der Waals surface area contributed by atoms with Gasteiger partial charge in [0.2, 0.25) is 0 Å². The Morgan fingerprint density at radius 2 is 1.51 bits per heavy atom. The van der Waals surface area contributed by atoms with Crippen LogP contribution in [0.4, 0.5) is 5.82 Å². The van der Waals surface area contributed by atoms with Crippen molar-refractivity contribution < 1.29 is 19.5 Å². The molecule has 3 N–H and O–H groups in total. The van der Waals surface area contributed by atoms with Gasteiger partial charge in [-0.1, -0.05) is 60.7 Å². The second-order valence-electron chi connectivity index (χ2n) is 7.96. The smallest absolute Gasteiger partial charge is 0.305 e. The number of nitrogens with zero attached hydrogens (tertiary/aromatic N) is 2. The van der Waals surface area contributed by atoms with Crippen LogP contribution in [0, 0.1) is 6.92 Å². The van der Waals surface area contributed by atoms with Crippen LogP contribution in [0.1, 0.15) is 44.4 Å². The Kier molecular flexibility index (Phi) is 7.02. The summed E-state index contributed by atoms with van der Waals surface area (Å²) in [5.41, 5.74) is 2.73. The molecule has 35 heavy (non-hydrogen) atoms. The molecule has 8 nitrogen and oxygen atoms in total. The normalized spacial score (nSPS) is 11.5. The zero-order valence-corrected chi connectivity index (χ0v) is 19.0. The molecule has 1 atom stereocenters. The molecule has 1 aromatic heterocycles. The van der Waals surface area contributed by atoms with Gasteiger partial charge in [0.05, 0.1) is 18.2 Å². The van der Waals surface area contributed by atoms with Gasteiger partial charge in [0.25, 0.3) is 11.8 Å². The largest absolute Gasteiger partial charge is 0.481 e. The minimum absolute atomic E-state index is 0.0428. The topological polar surface area (TPSA) is 113 Å². The van der Waals surface area contributed by atoms with Crippen LogP contribution in [-0.2, 0) is 4.79 Å². The minimum atomic E-state index is -1.04.